The van der Waals surface area contributed by atoms with Crippen LogP contribution in [0.3, 0.4) is 0 Å². The minimum Gasteiger partial charge on any atom is -0.451 e. The zero-order chi connectivity index (χ0) is 40.7. The monoisotopic (exact) mass is 801 g/mol. The molecule has 0 aliphatic carbocycles. The molecule has 14 nitrogen and oxygen atoms in total. The van der Waals surface area contributed by atoms with E-state index in [-0.39, 0.29) is 47.0 Å². The van der Waals surface area contributed by atoms with Crippen molar-refractivity contribution in [3.8, 4) is 17.1 Å². The van der Waals surface area contributed by atoms with Crippen molar-refractivity contribution in [3.05, 3.63) is 81.3 Å². The molecule has 0 saturated carbocycles. The Morgan fingerprint density at radius 2 is 1.64 bits per heavy atom. The standard InChI is InChI=1S/C34H38ClF6N9O5/c1-32(2,19-42)16-26(51)44-15-7-3-4-10-27(52)55-24(34(39,40)41)17-48-29(20-11-13-21(35)14-12-20)47-49(31(48)54)18-25-45-30(28(43)53)50(46-25)23-9-6-5-8-22(23)33(36,37)38/h5-6,8-9,11-14,24H,3-4,7,10,15-19,42H2,1-2H3,(H2,43,53)(H,44,51)/t24-/m0/s1. The van der Waals surface area contributed by atoms with Crippen molar-refractivity contribution in [3.63, 3.8) is 0 Å². The molecule has 0 radical (unpaired) electrons. The van der Waals surface area contributed by atoms with E-state index in [1.807, 2.05) is 13.8 Å². The lowest BCUT2D eigenvalue weighted by atomic mass is 9.89. The third-order valence-corrected chi connectivity index (χ3v) is 8.44. The topological polar surface area (TPSA) is 195 Å². The first-order valence-corrected chi connectivity index (χ1v) is 17.2. The number of hydrogen-bond donors (Lipinski definition) is 3. The van der Waals surface area contributed by atoms with Crippen LogP contribution in [0.25, 0.3) is 17.1 Å². The lowest BCUT2D eigenvalue weighted by Crippen LogP contribution is -2.40. The maximum atomic E-state index is 14.3. The van der Waals surface area contributed by atoms with E-state index in [0.29, 0.717) is 39.9 Å². The number of primary amides is 1. The molecule has 0 bridgehead atoms. The van der Waals surface area contributed by atoms with E-state index >= 15 is 0 Å². The molecular formula is C34H38ClF6N9O5. The molecular weight excluding hydrogens is 764 g/mol. The third kappa shape index (κ3) is 11.4. The van der Waals surface area contributed by atoms with Gasteiger partial charge in [0.2, 0.25) is 17.8 Å². The van der Waals surface area contributed by atoms with E-state index in [4.69, 9.17) is 27.8 Å². The average molecular weight is 802 g/mol. The molecule has 0 saturated heterocycles. The van der Waals surface area contributed by atoms with Crippen LogP contribution in [0, 0.1) is 5.41 Å². The lowest BCUT2D eigenvalue weighted by Gasteiger charge is -2.21. The van der Waals surface area contributed by atoms with Crippen molar-refractivity contribution in [2.24, 2.45) is 16.9 Å². The Bertz CT molecular complexity index is 2040. The molecule has 298 valence electrons. The van der Waals surface area contributed by atoms with E-state index in [9.17, 15) is 45.5 Å². The van der Waals surface area contributed by atoms with E-state index in [1.165, 1.54) is 30.3 Å². The average Bonchev–Trinajstić information content (AvgIpc) is 3.66. The number of nitrogens with two attached hydrogens (primary N) is 2. The highest BCUT2D eigenvalue weighted by Crippen LogP contribution is 2.34. The summed E-state index contributed by atoms with van der Waals surface area (Å²) in [6.07, 6.45) is -12.0. The number of ether oxygens (including phenoxy) is 1. The number of carbonyl (C=O) groups is 3. The van der Waals surface area contributed by atoms with E-state index in [0.717, 1.165) is 18.2 Å². The molecule has 0 aliphatic heterocycles. The molecule has 4 aromatic rings. The van der Waals surface area contributed by atoms with Crippen LogP contribution in [0.4, 0.5) is 26.3 Å². The van der Waals surface area contributed by atoms with Crippen LogP contribution >= 0.6 is 11.6 Å². The summed E-state index contributed by atoms with van der Waals surface area (Å²) in [5.74, 6) is -4.12. The SMILES string of the molecule is CC(C)(CN)CC(=O)NCCCCCC(=O)O[C@@H](Cn1c(-c2ccc(Cl)cc2)nn(Cc2nc(C(N)=O)n(-c3ccccc3C(F)(F)F)n2)c1=O)C(F)(F)F. The highest BCUT2D eigenvalue weighted by Gasteiger charge is 2.44. The highest BCUT2D eigenvalue weighted by atomic mass is 35.5. The van der Waals surface area contributed by atoms with Gasteiger partial charge in [-0.05, 0) is 61.2 Å². The van der Waals surface area contributed by atoms with Crippen LogP contribution in [-0.2, 0) is 33.6 Å². The second kappa shape index (κ2) is 17.5. The van der Waals surface area contributed by atoms with E-state index in [2.05, 4.69) is 20.5 Å². The van der Waals surface area contributed by atoms with E-state index in [1.54, 1.807) is 0 Å². The Hall–Kier alpha value is -5.24. The van der Waals surface area contributed by atoms with Crippen LogP contribution in [-0.4, -0.2) is 72.3 Å². The summed E-state index contributed by atoms with van der Waals surface area (Å²) in [7, 11) is 0. The summed E-state index contributed by atoms with van der Waals surface area (Å²) in [5.41, 5.74) is 7.81. The zero-order valence-corrected chi connectivity index (χ0v) is 30.3. The van der Waals surface area contributed by atoms with Gasteiger partial charge in [0.1, 0.15) is 6.54 Å². The van der Waals surface area contributed by atoms with Crippen LogP contribution in [0.5, 0.6) is 0 Å². The molecule has 0 unspecified atom stereocenters. The van der Waals surface area contributed by atoms with Gasteiger partial charge in [-0.25, -0.2) is 19.1 Å². The number of amides is 2. The first-order chi connectivity index (χ1) is 25.7. The predicted molar refractivity (Wildman–Crippen MR) is 186 cm³/mol. The molecule has 21 heteroatoms. The summed E-state index contributed by atoms with van der Waals surface area (Å²) < 4.78 is 90.9. The number of halogens is 7. The number of nitrogens with zero attached hydrogens (tertiary/aromatic N) is 6. The number of hydrogen-bond acceptors (Lipinski definition) is 9. The predicted octanol–water partition coefficient (Wildman–Crippen LogP) is 4.64. The van der Waals surface area contributed by atoms with Gasteiger partial charge in [0.15, 0.2) is 11.6 Å². The van der Waals surface area contributed by atoms with Gasteiger partial charge in [0.05, 0.1) is 17.8 Å². The Kier molecular flexibility index (Phi) is 13.5. The van der Waals surface area contributed by atoms with Gasteiger partial charge in [-0.3, -0.25) is 19.0 Å². The smallest absolute Gasteiger partial charge is 0.427 e. The Labute approximate surface area is 314 Å². The van der Waals surface area contributed by atoms with Crippen molar-refractivity contribution in [1.82, 2.24) is 34.4 Å². The van der Waals surface area contributed by atoms with E-state index < -0.39 is 72.0 Å². The fourth-order valence-corrected chi connectivity index (χ4v) is 5.39. The number of carbonyl (C=O) groups excluding carboxylic acids is 3. The minimum absolute atomic E-state index is 0.126. The number of para-hydroxylation sites is 1. The van der Waals surface area contributed by atoms with Crippen LogP contribution in [0.1, 0.15) is 68.0 Å². The lowest BCUT2D eigenvalue weighted by molar-refractivity contribution is -0.224. The largest absolute Gasteiger partial charge is 0.451 e. The van der Waals surface area contributed by atoms with Crippen molar-refractivity contribution < 1.29 is 45.5 Å². The number of esters is 1. The summed E-state index contributed by atoms with van der Waals surface area (Å²) in [4.78, 5) is 54.4. The van der Waals surface area contributed by atoms with Crippen molar-refractivity contribution >= 4 is 29.4 Å². The Morgan fingerprint density at radius 3 is 2.25 bits per heavy atom. The summed E-state index contributed by atoms with van der Waals surface area (Å²) in [6.45, 7) is 2.34. The van der Waals surface area contributed by atoms with Gasteiger partial charge >= 0.3 is 24.0 Å². The van der Waals surface area contributed by atoms with Crippen molar-refractivity contribution in [1.29, 1.82) is 0 Å². The number of rotatable bonds is 17. The molecule has 2 aromatic carbocycles. The van der Waals surface area contributed by atoms with Crippen molar-refractivity contribution in [2.75, 3.05) is 13.1 Å². The molecule has 0 fully saturated rings. The summed E-state index contributed by atoms with van der Waals surface area (Å²) >= 11 is 5.98. The van der Waals surface area contributed by atoms with Crippen LogP contribution in [0.15, 0.2) is 53.3 Å². The molecule has 2 heterocycles. The first-order valence-electron chi connectivity index (χ1n) is 16.8. The second-order valence-corrected chi connectivity index (χ2v) is 13.7. The van der Waals surface area contributed by atoms with Gasteiger partial charge < -0.3 is 21.5 Å². The fraction of sp³-hybridized carbons (Fsp3) is 0.441. The van der Waals surface area contributed by atoms with Crippen LogP contribution < -0.4 is 22.5 Å². The quantitative estimate of drug-likeness (QED) is 0.0775. The maximum Gasteiger partial charge on any atom is 0.427 e. The summed E-state index contributed by atoms with van der Waals surface area (Å²) in [6, 6.07) is 9.63. The van der Waals surface area contributed by atoms with Gasteiger partial charge in [-0.15, -0.1) is 10.2 Å². The van der Waals surface area contributed by atoms with Crippen molar-refractivity contribution in [2.45, 2.75) is 77.5 Å². The number of aromatic nitrogens is 6. The molecule has 1 atom stereocenters. The molecule has 0 aliphatic rings. The fourth-order valence-electron chi connectivity index (χ4n) is 5.26. The Morgan fingerprint density at radius 1 is 0.964 bits per heavy atom. The maximum absolute atomic E-state index is 14.3. The molecule has 55 heavy (non-hydrogen) atoms. The molecule has 4 rings (SSSR count). The van der Waals surface area contributed by atoms with Crippen LogP contribution in [0.2, 0.25) is 5.02 Å². The summed E-state index contributed by atoms with van der Waals surface area (Å²) in [5, 5.41) is 11.1. The van der Waals surface area contributed by atoms with Gasteiger partial charge in [0, 0.05) is 30.0 Å². The molecule has 0 spiro atoms. The Balaban J connectivity index is 1.56. The zero-order valence-electron chi connectivity index (χ0n) is 29.6. The minimum atomic E-state index is -5.14. The number of unbranched alkanes of at least 4 members (excludes halogenated alkanes) is 2. The van der Waals surface area contributed by atoms with Gasteiger partial charge in [-0.1, -0.05) is 44.0 Å². The highest BCUT2D eigenvalue weighted by molar-refractivity contribution is 6.30. The van der Waals surface area contributed by atoms with Gasteiger partial charge in [0.25, 0.3) is 5.91 Å². The normalized spacial score (nSPS) is 12.8. The molecule has 2 amide bonds. The van der Waals surface area contributed by atoms with Gasteiger partial charge in [-0.2, -0.15) is 26.3 Å². The second-order valence-electron chi connectivity index (χ2n) is 13.2. The first kappa shape index (κ1) is 42.5. The molecule has 2 aromatic heterocycles. The molecule has 5 N–H and O–H groups in total. The third-order valence-electron chi connectivity index (χ3n) is 8.18. The number of alkyl halides is 6. The number of nitrogens with one attached hydrogen (secondary N) is 1. The number of benzene rings is 2.